The maximum absolute atomic E-state index is 9.91. The maximum atomic E-state index is 9.91. The van der Waals surface area contributed by atoms with Gasteiger partial charge in [-0.15, -0.1) is 0 Å². The molecule has 0 aliphatic carbocycles. The van der Waals surface area contributed by atoms with Gasteiger partial charge in [0.2, 0.25) is 0 Å². The van der Waals surface area contributed by atoms with Crippen LogP contribution in [0.1, 0.15) is 104 Å². The smallest absolute Gasteiger partial charge is 0.131 e. The van der Waals surface area contributed by atoms with Gasteiger partial charge in [0.15, 0.2) is 0 Å². The Bertz CT molecular complexity index is 4090. The van der Waals surface area contributed by atoms with E-state index in [2.05, 4.69) is 171 Å². The lowest BCUT2D eigenvalue weighted by Crippen LogP contribution is -2.39. The van der Waals surface area contributed by atoms with Gasteiger partial charge < -0.3 is 45.3 Å². The Hall–Kier alpha value is -7.18. The number of aliphatic imine (C=N–C) groups is 4. The van der Waals surface area contributed by atoms with E-state index in [1.165, 1.54) is 44.5 Å². The second-order valence-electron chi connectivity index (χ2n) is 24.1. The summed E-state index contributed by atoms with van der Waals surface area (Å²) >= 11 is 23.7. The van der Waals surface area contributed by atoms with Crippen LogP contribution in [0.25, 0.3) is 0 Å². The molecule has 0 aromatic heterocycles. The van der Waals surface area contributed by atoms with Crippen molar-refractivity contribution in [3.63, 3.8) is 0 Å². The average molecular weight is 1540 g/mol. The van der Waals surface area contributed by atoms with Crippen molar-refractivity contribution in [1.29, 1.82) is 0 Å². The Kier molecular flexibility index (Phi) is 28.8. The molecule has 0 saturated heterocycles. The quantitative estimate of drug-likeness (QED) is 0.0501. The third-order valence-corrected chi connectivity index (χ3v) is 19.8. The number of ether oxygens (including phenoxy) is 3. The van der Waals surface area contributed by atoms with Crippen LogP contribution in [0, 0.1) is 13.8 Å². The van der Waals surface area contributed by atoms with E-state index in [9.17, 15) is 10.2 Å². The number of β-amino-alcohol motifs (C(OH)–C–C–N with tert-alkyl or cyclic N) is 1. The SMILES string of the molecule is CCN1CCCN=C1c1cccc(Cl)c1CCc1cc(Br)ccc1OC.COc1ccc(Br)cc1CCc1c(C)cccc1C1=NCC(O)CN1.COc1ccc(Br)cc1CCc1c(C)cccc1C1=NCCCN1.Oc1ccccc1CCc1c(Cl)cccc1C1=NCCCN1. The first-order valence-corrected chi connectivity index (χ1v) is 36.6. The van der Waals surface area contributed by atoms with Gasteiger partial charge >= 0.3 is 0 Å². The Morgan fingerprint density at radius 2 is 0.897 bits per heavy atom. The molecule has 0 amide bonds. The van der Waals surface area contributed by atoms with Crippen LogP contribution in [0.2, 0.25) is 10.0 Å². The minimum Gasteiger partial charge on any atom is -0.508 e. The molecule has 12 rings (SSSR count). The normalized spacial score (nSPS) is 14.9. The molecule has 8 aromatic rings. The highest BCUT2D eigenvalue weighted by atomic mass is 79.9. The molecule has 0 radical (unpaired) electrons. The van der Waals surface area contributed by atoms with Gasteiger partial charge in [-0.3, -0.25) is 20.0 Å². The summed E-state index contributed by atoms with van der Waals surface area (Å²) in [5.41, 5.74) is 16.6. The van der Waals surface area contributed by atoms with Gasteiger partial charge in [-0.25, -0.2) is 0 Å². The molecule has 5 N–H and O–H groups in total. The van der Waals surface area contributed by atoms with Gasteiger partial charge in [0.25, 0.3) is 0 Å². The van der Waals surface area contributed by atoms with Gasteiger partial charge in [0, 0.05) is 98.1 Å². The van der Waals surface area contributed by atoms with Gasteiger partial charge in [-0.1, -0.05) is 150 Å². The molecule has 0 bridgehead atoms. The molecule has 4 aliphatic heterocycles. The average Bonchev–Trinajstić information content (AvgIpc) is 0.885. The second-order valence-corrected chi connectivity index (χ2v) is 27.7. The van der Waals surface area contributed by atoms with Gasteiger partial charge in [-0.2, -0.15) is 0 Å². The summed E-state index contributed by atoms with van der Waals surface area (Å²) in [6.45, 7) is 14.1. The highest BCUT2D eigenvalue weighted by Gasteiger charge is 2.23. The molecule has 13 nitrogen and oxygen atoms in total. The van der Waals surface area contributed by atoms with Crippen molar-refractivity contribution in [2.45, 2.75) is 97.5 Å². The third-order valence-electron chi connectivity index (χ3n) is 17.6. The number of hydrogen-bond acceptors (Lipinski definition) is 13. The second kappa shape index (κ2) is 37.7. The van der Waals surface area contributed by atoms with Gasteiger partial charge in [-0.05, 0) is 220 Å². The number of amidine groups is 4. The highest BCUT2D eigenvalue weighted by Crippen LogP contribution is 2.32. The van der Waals surface area contributed by atoms with Crippen molar-refractivity contribution in [2.24, 2.45) is 20.0 Å². The minimum absolute atomic E-state index is 0.337. The fraction of sp³-hybridized carbons (Fsp3) is 0.342. The standard InChI is InChI=1S/C21H24BrClN2O.C20H23BrN2O2.C20H23BrN2O.C18H19ClN2O/c1-3-25-13-5-12-24-21(25)18-6-4-7-19(23)17(18)10-8-15-14-16(22)9-11-20(15)26-2;1-13-4-3-5-18(20-22-11-16(24)12-23-20)17(13)8-6-14-10-15(21)7-9-19(14)25-2;1-14-5-3-6-18(20-22-11-4-12-23-20)17(14)9-7-15-13-16(21)8-10-19(15)24-2;19-16-7-3-6-15(18-20-11-4-12-21-18)14(16)10-9-13-5-1-2-8-17(13)22/h4,6-7,9,11,14H,3,5,8,10,12-13H2,1-2H3;3-5,7,9-10,16,24H,6,8,11-12H2,1-2H3,(H,22,23);3,5-6,8,10,13H,4,7,9,11-12H2,1-2H3,(H,22,23);1-3,5-8,22H,4,9-12H2,(H,20,21). The van der Waals surface area contributed by atoms with Crippen LogP contribution in [-0.4, -0.2) is 125 Å². The largest absolute Gasteiger partial charge is 0.508 e. The van der Waals surface area contributed by atoms with Gasteiger partial charge in [0.05, 0.1) is 34.0 Å². The van der Waals surface area contributed by atoms with Crippen LogP contribution in [0.15, 0.2) is 185 Å². The molecule has 4 aliphatic rings. The predicted molar refractivity (Wildman–Crippen MR) is 412 cm³/mol. The number of benzene rings is 8. The number of phenols is 1. The predicted octanol–water partition coefficient (Wildman–Crippen LogP) is 16.5. The van der Waals surface area contributed by atoms with E-state index >= 15 is 0 Å². The number of hydrogen-bond donors (Lipinski definition) is 5. The summed E-state index contributed by atoms with van der Waals surface area (Å²) in [4.78, 5) is 20.9. The summed E-state index contributed by atoms with van der Waals surface area (Å²) in [5.74, 6) is 7.04. The van der Waals surface area contributed by atoms with E-state index in [-0.39, 0.29) is 0 Å². The molecule has 0 fully saturated rings. The topological polar surface area (TPSA) is 157 Å². The summed E-state index contributed by atoms with van der Waals surface area (Å²) < 4.78 is 19.7. The van der Waals surface area contributed by atoms with Crippen LogP contribution in [-0.2, 0) is 51.4 Å². The number of aliphatic hydroxyl groups is 1. The number of methoxy groups -OCH3 is 3. The van der Waals surface area contributed by atoms with E-state index in [0.29, 0.717) is 18.8 Å². The number of nitrogens with one attached hydrogen (secondary N) is 3. The number of para-hydroxylation sites is 1. The van der Waals surface area contributed by atoms with Crippen LogP contribution in [0.4, 0.5) is 0 Å². The molecule has 4 heterocycles. The number of aliphatic hydroxyl groups excluding tert-OH is 1. The zero-order valence-electron chi connectivity index (χ0n) is 56.4. The highest BCUT2D eigenvalue weighted by molar-refractivity contribution is 9.11. The first-order chi connectivity index (χ1) is 47.2. The molecule has 0 saturated carbocycles. The van der Waals surface area contributed by atoms with Gasteiger partial charge in [0.1, 0.15) is 46.3 Å². The zero-order valence-corrected chi connectivity index (χ0v) is 62.7. The summed E-state index contributed by atoms with van der Waals surface area (Å²) in [7, 11) is 5.15. The molecular formula is C79H89Br3Cl2N8O5. The zero-order chi connectivity index (χ0) is 68.6. The molecule has 510 valence electrons. The van der Waals surface area contributed by atoms with Crippen molar-refractivity contribution in [2.75, 3.05) is 80.2 Å². The summed E-state index contributed by atoms with van der Waals surface area (Å²) in [5, 5.41) is 31.2. The Balaban J connectivity index is 0.000000152. The molecule has 0 spiro atoms. The first-order valence-electron chi connectivity index (χ1n) is 33.5. The van der Waals surface area contributed by atoms with E-state index in [4.69, 9.17) is 42.4 Å². The molecule has 18 heteroatoms. The lowest BCUT2D eigenvalue weighted by molar-refractivity contribution is 0.181. The molecule has 97 heavy (non-hydrogen) atoms. The van der Waals surface area contributed by atoms with Crippen molar-refractivity contribution in [3.8, 4) is 23.0 Å². The molecule has 8 aromatic carbocycles. The first kappa shape index (κ1) is 74.1. The number of phenolic OH excluding ortho intramolecular Hbond substituents is 1. The minimum atomic E-state index is -0.400. The van der Waals surface area contributed by atoms with E-state index < -0.39 is 6.10 Å². The van der Waals surface area contributed by atoms with Crippen LogP contribution >= 0.6 is 71.0 Å². The van der Waals surface area contributed by atoms with Crippen molar-refractivity contribution < 1.29 is 24.4 Å². The Labute approximate surface area is 608 Å². The van der Waals surface area contributed by atoms with E-state index in [0.717, 1.165) is 214 Å². The monoisotopic (exact) mass is 1540 g/mol. The number of aryl methyl sites for hydroxylation is 6. The van der Waals surface area contributed by atoms with Crippen LogP contribution < -0.4 is 30.2 Å². The lowest BCUT2D eigenvalue weighted by Gasteiger charge is -2.29. The fourth-order valence-corrected chi connectivity index (χ4v) is 14.3. The number of halogens is 5. The number of rotatable bonds is 20. The summed E-state index contributed by atoms with van der Waals surface area (Å²) in [6, 6.07) is 50.7. The van der Waals surface area contributed by atoms with E-state index in [1.807, 2.05) is 78.9 Å². The third kappa shape index (κ3) is 20.7. The molecule has 1 atom stereocenters. The number of aromatic hydroxyl groups is 1. The lowest BCUT2D eigenvalue weighted by atomic mass is 9.94. The van der Waals surface area contributed by atoms with Crippen molar-refractivity contribution in [3.05, 3.63) is 253 Å². The maximum Gasteiger partial charge on any atom is 0.131 e. The molecule has 1 unspecified atom stereocenters. The van der Waals surface area contributed by atoms with Crippen LogP contribution in [0.3, 0.4) is 0 Å². The molecular weight excluding hydrogens is 1450 g/mol. The van der Waals surface area contributed by atoms with Crippen molar-refractivity contribution >= 4 is 94.3 Å². The van der Waals surface area contributed by atoms with E-state index in [1.54, 1.807) is 27.4 Å². The Morgan fingerprint density at radius 3 is 1.34 bits per heavy atom. The fourth-order valence-electron chi connectivity index (χ4n) is 12.5. The number of nitrogens with zero attached hydrogens (tertiary/aromatic N) is 5. The Morgan fingerprint density at radius 1 is 0.474 bits per heavy atom. The van der Waals surface area contributed by atoms with Crippen molar-refractivity contribution in [1.82, 2.24) is 20.9 Å². The van der Waals surface area contributed by atoms with Crippen LogP contribution in [0.5, 0.6) is 23.0 Å². The summed E-state index contributed by atoms with van der Waals surface area (Å²) in [6.07, 6.45) is 9.81.